The topological polar surface area (TPSA) is 75.4 Å². The van der Waals surface area contributed by atoms with E-state index in [-0.39, 0.29) is 11.8 Å². The van der Waals surface area contributed by atoms with Crippen molar-refractivity contribution in [1.82, 2.24) is 4.90 Å². The van der Waals surface area contributed by atoms with Gasteiger partial charge in [-0.15, -0.1) is 0 Å². The van der Waals surface area contributed by atoms with Crippen molar-refractivity contribution < 1.29 is 9.59 Å². The van der Waals surface area contributed by atoms with Crippen molar-refractivity contribution in [2.24, 2.45) is 11.7 Å². The predicted molar refractivity (Wildman–Crippen MR) is 85.3 cm³/mol. The molecule has 0 aliphatic rings. The molecule has 5 heteroatoms. The molecular weight excluding hydrogens is 266 g/mol. The number of hydrogen-bond donors (Lipinski definition) is 2. The van der Waals surface area contributed by atoms with Gasteiger partial charge in [-0.05, 0) is 37.0 Å². The van der Waals surface area contributed by atoms with Crippen LogP contribution in [0.1, 0.15) is 36.2 Å². The number of nitrogens with zero attached hydrogens (tertiary/aromatic N) is 1. The van der Waals surface area contributed by atoms with E-state index in [1.807, 2.05) is 26.8 Å². The average Bonchev–Trinajstić information content (AvgIpc) is 2.39. The minimum atomic E-state index is -0.544. The Balaban J connectivity index is 2.90. The number of carbonyl (C=O) groups is 2. The van der Waals surface area contributed by atoms with E-state index in [9.17, 15) is 9.59 Å². The maximum atomic E-state index is 12.1. The third kappa shape index (κ3) is 4.86. The maximum absolute atomic E-state index is 12.1. The highest BCUT2D eigenvalue weighted by Crippen LogP contribution is 2.18. The van der Waals surface area contributed by atoms with Crippen LogP contribution in [0.2, 0.25) is 0 Å². The molecule has 0 aliphatic carbocycles. The van der Waals surface area contributed by atoms with Crippen LogP contribution < -0.4 is 11.1 Å². The molecule has 0 aromatic heterocycles. The third-order valence-electron chi connectivity index (χ3n) is 3.21. The number of nitrogens with two attached hydrogens (primary N) is 1. The molecular formula is C16H25N3O2. The molecule has 21 heavy (non-hydrogen) atoms. The van der Waals surface area contributed by atoms with Gasteiger partial charge in [-0.2, -0.15) is 0 Å². The van der Waals surface area contributed by atoms with E-state index in [1.54, 1.807) is 26.2 Å². The van der Waals surface area contributed by atoms with Crippen LogP contribution in [0.4, 0.5) is 5.69 Å². The zero-order chi connectivity index (χ0) is 16.2. The van der Waals surface area contributed by atoms with Gasteiger partial charge in [0.2, 0.25) is 5.91 Å². The summed E-state index contributed by atoms with van der Waals surface area (Å²) in [4.78, 5) is 25.5. The molecule has 1 rings (SSSR count). The van der Waals surface area contributed by atoms with Crippen molar-refractivity contribution in [2.45, 2.75) is 33.2 Å². The fraction of sp³-hybridized carbons (Fsp3) is 0.500. The largest absolute Gasteiger partial charge is 0.345 e. The van der Waals surface area contributed by atoms with Gasteiger partial charge in [-0.3, -0.25) is 9.59 Å². The Hall–Kier alpha value is -1.88. The van der Waals surface area contributed by atoms with E-state index < -0.39 is 6.04 Å². The summed E-state index contributed by atoms with van der Waals surface area (Å²) in [6.45, 7) is 5.93. The minimum absolute atomic E-state index is 0.100. The smallest absolute Gasteiger partial charge is 0.253 e. The normalized spacial score (nSPS) is 12.1. The molecule has 0 saturated carbocycles. The number of rotatable bonds is 5. The second-order valence-electron chi connectivity index (χ2n) is 5.95. The van der Waals surface area contributed by atoms with Crippen LogP contribution in [0.15, 0.2) is 18.2 Å². The molecule has 116 valence electrons. The Morgan fingerprint density at radius 2 is 1.90 bits per heavy atom. The molecule has 2 amide bonds. The molecule has 0 spiro atoms. The second kappa shape index (κ2) is 7.22. The van der Waals surface area contributed by atoms with Gasteiger partial charge in [0.1, 0.15) is 0 Å². The molecule has 0 heterocycles. The number of anilines is 1. The minimum Gasteiger partial charge on any atom is -0.345 e. The molecule has 1 atom stereocenters. The van der Waals surface area contributed by atoms with Gasteiger partial charge < -0.3 is 16.0 Å². The summed E-state index contributed by atoms with van der Waals surface area (Å²) < 4.78 is 0. The summed E-state index contributed by atoms with van der Waals surface area (Å²) in [6.07, 6.45) is 0.626. The predicted octanol–water partition coefficient (Wildman–Crippen LogP) is 2.01. The van der Waals surface area contributed by atoms with Gasteiger partial charge in [-0.1, -0.05) is 19.9 Å². The van der Waals surface area contributed by atoms with Crippen LogP contribution in [0.3, 0.4) is 0 Å². The molecule has 0 aliphatic heterocycles. The fourth-order valence-corrected chi connectivity index (χ4v) is 1.99. The first-order valence-corrected chi connectivity index (χ1v) is 7.11. The summed E-state index contributed by atoms with van der Waals surface area (Å²) in [7, 11) is 3.39. The Bertz CT molecular complexity index is 524. The Kier molecular flexibility index (Phi) is 5.90. The van der Waals surface area contributed by atoms with Crippen molar-refractivity contribution in [3.8, 4) is 0 Å². The van der Waals surface area contributed by atoms with Crippen LogP contribution in [0, 0.1) is 12.8 Å². The SMILES string of the molecule is Cc1ccc(C(=O)N(C)C)cc1NC(=O)C(N)CC(C)C. The number of hydrogen-bond acceptors (Lipinski definition) is 3. The molecule has 1 aromatic carbocycles. The molecule has 3 N–H and O–H groups in total. The van der Waals surface area contributed by atoms with Crippen molar-refractivity contribution >= 4 is 17.5 Å². The molecule has 1 aromatic rings. The van der Waals surface area contributed by atoms with Gasteiger partial charge >= 0.3 is 0 Å². The van der Waals surface area contributed by atoms with Crippen LogP contribution in [0.5, 0.6) is 0 Å². The quantitative estimate of drug-likeness (QED) is 0.871. The van der Waals surface area contributed by atoms with Crippen LogP contribution >= 0.6 is 0 Å². The summed E-state index contributed by atoms with van der Waals surface area (Å²) >= 11 is 0. The van der Waals surface area contributed by atoms with Gasteiger partial charge in [0.25, 0.3) is 5.91 Å². The van der Waals surface area contributed by atoms with Crippen molar-refractivity contribution in [2.75, 3.05) is 19.4 Å². The first kappa shape index (κ1) is 17.2. The standard InChI is InChI=1S/C16H25N3O2/c1-10(2)8-13(17)15(20)18-14-9-12(7-6-11(14)3)16(21)19(4)5/h6-7,9-10,13H,8,17H2,1-5H3,(H,18,20). The fourth-order valence-electron chi connectivity index (χ4n) is 1.99. The molecule has 0 bridgehead atoms. The third-order valence-corrected chi connectivity index (χ3v) is 3.21. The molecule has 0 saturated heterocycles. The maximum Gasteiger partial charge on any atom is 0.253 e. The van der Waals surface area contributed by atoms with Crippen molar-refractivity contribution in [3.05, 3.63) is 29.3 Å². The molecule has 1 unspecified atom stereocenters. The molecule has 0 radical (unpaired) electrons. The van der Waals surface area contributed by atoms with E-state index in [0.717, 1.165) is 5.56 Å². The molecule has 0 fully saturated rings. The van der Waals surface area contributed by atoms with Crippen LogP contribution in [-0.2, 0) is 4.79 Å². The van der Waals surface area contributed by atoms with Crippen molar-refractivity contribution in [1.29, 1.82) is 0 Å². The Morgan fingerprint density at radius 3 is 2.43 bits per heavy atom. The van der Waals surface area contributed by atoms with Gasteiger partial charge in [0.05, 0.1) is 6.04 Å². The highest BCUT2D eigenvalue weighted by Gasteiger charge is 2.17. The van der Waals surface area contributed by atoms with Crippen molar-refractivity contribution in [3.63, 3.8) is 0 Å². The zero-order valence-corrected chi connectivity index (χ0v) is 13.4. The highest BCUT2D eigenvalue weighted by molar-refractivity contribution is 5.99. The number of carbonyl (C=O) groups excluding carboxylic acids is 2. The Labute approximate surface area is 126 Å². The molecule has 5 nitrogen and oxygen atoms in total. The number of aryl methyl sites for hydroxylation is 1. The monoisotopic (exact) mass is 291 g/mol. The lowest BCUT2D eigenvalue weighted by atomic mass is 10.0. The summed E-state index contributed by atoms with van der Waals surface area (Å²) in [5, 5.41) is 2.81. The van der Waals surface area contributed by atoms with Crippen LogP contribution in [0.25, 0.3) is 0 Å². The lowest BCUT2D eigenvalue weighted by Gasteiger charge is -2.17. The number of benzene rings is 1. The van der Waals surface area contributed by atoms with Gasteiger partial charge in [0, 0.05) is 25.3 Å². The number of amides is 2. The second-order valence-corrected chi connectivity index (χ2v) is 5.95. The van der Waals surface area contributed by atoms with Gasteiger partial charge in [0.15, 0.2) is 0 Å². The Morgan fingerprint density at radius 1 is 1.29 bits per heavy atom. The zero-order valence-electron chi connectivity index (χ0n) is 13.4. The van der Waals surface area contributed by atoms with E-state index in [1.165, 1.54) is 4.90 Å². The lowest BCUT2D eigenvalue weighted by Crippen LogP contribution is -2.36. The number of nitrogens with one attached hydrogen (secondary N) is 1. The summed E-state index contributed by atoms with van der Waals surface area (Å²) in [5.41, 5.74) is 7.94. The van der Waals surface area contributed by atoms with Crippen LogP contribution in [-0.4, -0.2) is 36.9 Å². The highest BCUT2D eigenvalue weighted by atomic mass is 16.2. The van der Waals surface area contributed by atoms with E-state index >= 15 is 0 Å². The average molecular weight is 291 g/mol. The van der Waals surface area contributed by atoms with E-state index in [4.69, 9.17) is 5.73 Å². The van der Waals surface area contributed by atoms with Gasteiger partial charge in [-0.25, -0.2) is 0 Å². The first-order chi connectivity index (χ1) is 9.72. The summed E-state index contributed by atoms with van der Waals surface area (Å²) in [6, 6.07) is 4.72. The summed E-state index contributed by atoms with van der Waals surface area (Å²) in [5.74, 6) is 0.0340. The first-order valence-electron chi connectivity index (χ1n) is 7.11. The van der Waals surface area contributed by atoms with E-state index in [0.29, 0.717) is 23.6 Å². The van der Waals surface area contributed by atoms with E-state index in [2.05, 4.69) is 5.32 Å². The lowest BCUT2D eigenvalue weighted by molar-refractivity contribution is -0.117.